The molecular weight excluding hydrogens is 240 g/mol. The van der Waals surface area contributed by atoms with Gasteiger partial charge in [0.1, 0.15) is 18.3 Å². The van der Waals surface area contributed by atoms with Crippen LogP contribution in [0.1, 0.15) is 39.5 Å². The summed E-state index contributed by atoms with van der Waals surface area (Å²) in [7, 11) is 0. The highest BCUT2D eigenvalue weighted by atomic mass is 16.4. The fourth-order valence-electron chi connectivity index (χ4n) is 1.78. The Kier molecular flexibility index (Phi) is 7.58. The van der Waals surface area contributed by atoms with E-state index < -0.39 is 36.3 Å². The third kappa shape index (κ3) is 4.29. The van der Waals surface area contributed by atoms with E-state index in [1.54, 1.807) is 0 Å². The average molecular weight is 264 g/mol. The van der Waals surface area contributed by atoms with Crippen LogP contribution in [0.2, 0.25) is 0 Å². The standard InChI is InChI=1S/C12H24O6/c1-3-4-5-6-12(18,8(2)14)11(17)10(16)9(15)7-13/h9-11,13,15-18H,3-7H2,1-2H3. The number of aliphatic hydroxyl groups excluding tert-OH is 4. The van der Waals surface area contributed by atoms with Crippen molar-refractivity contribution in [2.75, 3.05) is 6.61 Å². The van der Waals surface area contributed by atoms with E-state index in [0.717, 1.165) is 19.8 Å². The molecule has 0 radical (unpaired) electrons. The summed E-state index contributed by atoms with van der Waals surface area (Å²) < 4.78 is 0. The molecule has 0 heterocycles. The first kappa shape index (κ1) is 17.5. The maximum atomic E-state index is 11.5. The zero-order valence-electron chi connectivity index (χ0n) is 10.9. The summed E-state index contributed by atoms with van der Waals surface area (Å²) in [6.45, 7) is 2.31. The summed E-state index contributed by atoms with van der Waals surface area (Å²) in [6.07, 6.45) is -3.01. The summed E-state index contributed by atoms with van der Waals surface area (Å²) >= 11 is 0. The molecule has 6 heteroatoms. The first-order chi connectivity index (χ1) is 8.31. The molecule has 18 heavy (non-hydrogen) atoms. The lowest BCUT2D eigenvalue weighted by Crippen LogP contribution is -2.57. The third-order valence-corrected chi connectivity index (χ3v) is 3.17. The van der Waals surface area contributed by atoms with Crippen molar-refractivity contribution in [3.63, 3.8) is 0 Å². The Morgan fingerprint density at radius 1 is 1.22 bits per heavy atom. The van der Waals surface area contributed by atoms with Gasteiger partial charge in [-0.2, -0.15) is 0 Å². The van der Waals surface area contributed by atoms with Crippen LogP contribution in [0.4, 0.5) is 0 Å². The minimum absolute atomic E-state index is 0.00650. The maximum absolute atomic E-state index is 11.5. The number of aliphatic hydroxyl groups is 5. The average Bonchev–Trinajstić information content (AvgIpc) is 2.35. The highest BCUT2D eigenvalue weighted by Crippen LogP contribution is 2.24. The lowest BCUT2D eigenvalue weighted by atomic mass is 9.83. The van der Waals surface area contributed by atoms with Crippen LogP contribution < -0.4 is 0 Å². The van der Waals surface area contributed by atoms with Crippen LogP contribution >= 0.6 is 0 Å². The van der Waals surface area contributed by atoms with E-state index in [-0.39, 0.29) is 6.42 Å². The van der Waals surface area contributed by atoms with Gasteiger partial charge in [0.05, 0.1) is 6.61 Å². The smallest absolute Gasteiger partial charge is 0.164 e. The monoisotopic (exact) mass is 264 g/mol. The molecule has 4 unspecified atom stereocenters. The molecule has 0 amide bonds. The molecule has 0 aliphatic rings. The van der Waals surface area contributed by atoms with Crippen LogP contribution in [0, 0.1) is 0 Å². The number of rotatable bonds is 9. The van der Waals surface area contributed by atoms with Gasteiger partial charge in [-0.15, -0.1) is 0 Å². The molecule has 4 atom stereocenters. The van der Waals surface area contributed by atoms with Crippen molar-refractivity contribution in [3.8, 4) is 0 Å². The Labute approximate surface area is 107 Å². The number of hydrogen-bond donors (Lipinski definition) is 5. The van der Waals surface area contributed by atoms with Crippen LogP contribution in [0.5, 0.6) is 0 Å². The normalized spacial score (nSPS) is 19.9. The van der Waals surface area contributed by atoms with E-state index in [1.165, 1.54) is 0 Å². The summed E-state index contributed by atoms with van der Waals surface area (Å²) in [5, 5.41) is 47.4. The van der Waals surface area contributed by atoms with Gasteiger partial charge in [-0.3, -0.25) is 4.79 Å². The largest absolute Gasteiger partial charge is 0.394 e. The maximum Gasteiger partial charge on any atom is 0.164 e. The van der Waals surface area contributed by atoms with Crippen LogP contribution in [0.25, 0.3) is 0 Å². The molecule has 0 saturated carbocycles. The van der Waals surface area contributed by atoms with Gasteiger partial charge < -0.3 is 25.5 Å². The Morgan fingerprint density at radius 2 is 1.78 bits per heavy atom. The minimum Gasteiger partial charge on any atom is -0.394 e. The van der Waals surface area contributed by atoms with E-state index in [9.17, 15) is 25.2 Å². The molecule has 0 rings (SSSR count). The van der Waals surface area contributed by atoms with Crippen molar-refractivity contribution in [2.24, 2.45) is 0 Å². The quantitative estimate of drug-likeness (QED) is 0.340. The van der Waals surface area contributed by atoms with Crippen LogP contribution in [-0.4, -0.2) is 61.8 Å². The van der Waals surface area contributed by atoms with Gasteiger partial charge in [0.25, 0.3) is 0 Å². The van der Waals surface area contributed by atoms with Crippen molar-refractivity contribution < 1.29 is 30.3 Å². The zero-order valence-corrected chi connectivity index (χ0v) is 10.9. The Hall–Kier alpha value is -0.530. The number of ketones is 1. The highest BCUT2D eigenvalue weighted by molar-refractivity contribution is 5.85. The van der Waals surface area contributed by atoms with Crippen molar-refractivity contribution in [2.45, 2.75) is 63.4 Å². The summed E-state index contributed by atoms with van der Waals surface area (Å²) in [4.78, 5) is 11.5. The summed E-state index contributed by atoms with van der Waals surface area (Å²) in [5.41, 5.74) is -2.09. The Balaban J connectivity index is 4.80. The van der Waals surface area contributed by atoms with Crippen molar-refractivity contribution in [3.05, 3.63) is 0 Å². The Morgan fingerprint density at radius 3 is 2.17 bits per heavy atom. The highest BCUT2D eigenvalue weighted by Gasteiger charge is 2.45. The van der Waals surface area contributed by atoms with Gasteiger partial charge in [0.2, 0.25) is 0 Å². The second kappa shape index (κ2) is 7.81. The lowest BCUT2D eigenvalue weighted by Gasteiger charge is -2.34. The van der Waals surface area contributed by atoms with Gasteiger partial charge in [-0.1, -0.05) is 26.2 Å². The molecule has 0 aromatic heterocycles. The fourth-order valence-corrected chi connectivity index (χ4v) is 1.78. The summed E-state index contributed by atoms with van der Waals surface area (Å²) in [5.74, 6) is -0.671. The van der Waals surface area contributed by atoms with Crippen molar-refractivity contribution in [1.82, 2.24) is 0 Å². The molecule has 5 N–H and O–H groups in total. The van der Waals surface area contributed by atoms with E-state index in [4.69, 9.17) is 5.11 Å². The number of carbonyl (C=O) groups excluding carboxylic acids is 1. The molecule has 0 fully saturated rings. The van der Waals surface area contributed by atoms with Gasteiger partial charge >= 0.3 is 0 Å². The molecule has 0 bridgehead atoms. The first-order valence-electron chi connectivity index (χ1n) is 6.19. The van der Waals surface area contributed by atoms with Crippen molar-refractivity contribution >= 4 is 5.78 Å². The minimum atomic E-state index is -2.09. The molecule has 0 aliphatic carbocycles. The molecule has 0 aliphatic heterocycles. The Bertz CT molecular complexity index is 257. The molecule has 108 valence electrons. The predicted octanol–water partition coefficient (Wildman–Crippen LogP) is -1.04. The van der Waals surface area contributed by atoms with E-state index in [0.29, 0.717) is 6.42 Å². The van der Waals surface area contributed by atoms with Crippen LogP contribution in [0.15, 0.2) is 0 Å². The zero-order chi connectivity index (χ0) is 14.3. The molecule has 0 spiro atoms. The van der Waals surface area contributed by atoms with Gasteiger partial charge in [0.15, 0.2) is 11.4 Å². The SMILES string of the molecule is CCCCCC(O)(C(C)=O)C(O)C(O)C(O)CO. The molecular formula is C12H24O6. The number of hydrogen-bond acceptors (Lipinski definition) is 6. The van der Waals surface area contributed by atoms with E-state index in [2.05, 4.69) is 0 Å². The first-order valence-corrected chi connectivity index (χ1v) is 6.19. The fraction of sp³-hybridized carbons (Fsp3) is 0.917. The predicted molar refractivity (Wildman–Crippen MR) is 64.9 cm³/mol. The molecule has 6 nitrogen and oxygen atoms in total. The lowest BCUT2D eigenvalue weighted by molar-refractivity contribution is -0.174. The van der Waals surface area contributed by atoms with Gasteiger partial charge in [-0.05, 0) is 13.3 Å². The van der Waals surface area contributed by atoms with Crippen molar-refractivity contribution in [1.29, 1.82) is 0 Å². The number of unbranched alkanes of at least 4 members (excludes halogenated alkanes) is 2. The van der Waals surface area contributed by atoms with Gasteiger partial charge in [-0.25, -0.2) is 0 Å². The third-order valence-electron chi connectivity index (χ3n) is 3.17. The molecule has 0 aromatic rings. The molecule has 0 saturated heterocycles. The second-order valence-corrected chi connectivity index (χ2v) is 4.62. The topological polar surface area (TPSA) is 118 Å². The van der Waals surface area contributed by atoms with E-state index in [1.807, 2.05) is 6.92 Å². The number of Topliss-reactive ketones (excluding diaryl/α,β-unsaturated/α-hetero) is 1. The summed E-state index contributed by atoms with van der Waals surface area (Å²) in [6, 6.07) is 0. The van der Waals surface area contributed by atoms with E-state index >= 15 is 0 Å². The number of carbonyl (C=O) groups is 1. The molecule has 0 aromatic carbocycles. The second-order valence-electron chi connectivity index (χ2n) is 4.62. The van der Waals surface area contributed by atoms with Crippen LogP contribution in [0.3, 0.4) is 0 Å². The van der Waals surface area contributed by atoms with Crippen LogP contribution in [-0.2, 0) is 4.79 Å². The van der Waals surface area contributed by atoms with Gasteiger partial charge in [0, 0.05) is 0 Å².